The van der Waals surface area contributed by atoms with Gasteiger partial charge in [0.15, 0.2) is 0 Å². The van der Waals surface area contributed by atoms with Crippen LogP contribution in [0.1, 0.15) is 30.4 Å². The SMILES string of the molecule is COc1ccc(N(CCC(=O)NC2CCCOC2)S(=O)(=O)c2ccc(C)cc2C)cc1. The van der Waals surface area contributed by atoms with E-state index in [9.17, 15) is 13.2 Å². The minimum absolute atomic E-state index is 0.0216. The van der Waals surface area contributed by atoms with E-state index in [0.717, 1.165) is 18.4 Å². The van der Waals surface area contributed by atoms with Gasteiger partial charge in [-0.15, -0.1) is 0 Å². The fraction of sp³-hybridized carbons (Fsp3) is 0.435. The quantitative estimate of drug-likeness (QED) is 0.673. The van der Waals surface area contributed by atoms with E-state index in [4.69, 9.17) is 9.47 Å². The molecule has 0 spiro atoms. The summed E-state index contributed by atoms with van der Waals surface area (Å²) in [6.45, 7) is 4.94. The molecule has 7 nitrogen and oxygen atoms in total. The highest BCUT2D eigenvalue weighted by molar-refractivity contribution is 7.92. The Morgan fingerprint density at radius 1 is 1.19 bits per heavy atom. The van der Waals surface area contributed by atoms with Crippen molar-refractivity contribution in [2.75, 3.05) is 31.2 Å². The smallest absolute Gasteiger partial charge is 0.264 e. The molecule has 8 heteroatoms. The minimum Gasteiger partial charge on any atom is -0.497 e. The first-order valence-electron chi connectivity index (χ1n) is 10.4. The Bertz CT molecular complexity index is 999. The number of rotatable bonds is 8. The highest BCUT2D eigenvalue weighted by Crippen LogP contribution is 2.28. The zero-order valence-electron chi connectivity index (χ0n) is 18.3. The van der Waals surface area contributed by atoms with Crippen LogP contribution in [0.4, 0.5) is 5.69 Å². The van der Waals surface area contributed by atoms with Gasteiger partial charge < -0.3 is 14.8 Å². The third-order valence-corrected chi connectivity index (χ3v) is 7.31. The van der Waals surface area contributed by atoms with Gasteiger partial charge in [0.2, 0.25) is 5.91 Å². The predicted molar refractivity (Wildman–Crippen MR) is 120 cm³/mol. The Morgan fingerprint density at radius 3 is 2.55 bits per heavy atom. The van der Waals surface area contributed by atoms with Crippen LogP contribution in [0.3, 0.4) is 0 Å². The summed E-state index contributed by atoms with van der Waals surface area (Å²) in [5.41, 5.74) is 2.14. The highest BCUT2D eigenvalue weighted by atomic mass is 32.2. The normalized spacial score (nSPS) is 16.5. The third kappa shape index (κ3) is 5.77. The molecule has 0 radical (unpaired) electrons. The number of hydrogen-bond donors (Lipinski definition) is 1. The number of amides is 1. The Hall–Kier alpha value is -2.58. The number of methoxy groups -OCH3 is 1. The zero-order chi connectivity index (χ0) is 22.4. The molecule has 1 aliphatic heterocycles. The van der Waals surface area contributed by atoms with Crippen molar-refractivity contribution in [1.29, 1.82) is 0 Å². The second kappa shape index (κ2) is 10.2. The van der Waals surface area contributed by atoms with Gasteiger partial charge in [-0.1, -0.05) is 17.7 Å². The van der Waals surface area contributed by atoms with E-state index in [1.54, 1.807) is 50.4 Å². The number of aryl methyl sites for hydroxylation is 2. The molecular formula is C23H30N2O5S. The lowest BCUT2D eigenvalue weighted by Crippen LogP contribution is -2.42. The van der Waals surface area contributed by atoms with Crippen molar-refractivity contribution >= 4 is 21.6 Å². The molecular weight excluding hydrogens is 416 g/mol. The number of hydrogen-bond acceptors (Lipinski definition) is 5. The molecule has 1 heterocycles. The van der Waals surface area contributed by atoms with Gasteiger partial charge in [0.05, 0.1) is 30.3 Å². The maximum absolute atomic E-state index is 13.6. The summed E-state index contributed by atoms with van der Waals surface area (Å²) in [7, 11) is -2.31. The Labute approximate surface area is 184 Å². The number of nitrogens with one attached hydrogen (secondary N) is 1. The molecule has 0 aliphatic carbocycles. The molecule has 0 aromatic heterocycles. The lowest BCUT2D eigenvalue weighted by molar-refractivity contribution is -0.122. The van der Waals surface area contributed by atoms with Crippen molar-refractivity contribution in [3.63, 3.8) is 0 Å². The van der Waals surface area contributed by atoms with Crippen molar-refractivity contribution in [2.45, 2.75) is 44.0 Å². The summed E-state index contributed by atoms with van der Waals surface area (Å²) < 4.78 is 39.0. The van der Waals surface area contributed by atoms with Crippen molar-refractivity contribution in [3.8, 4) is 5.75 Å². The molecule has 1 unspecified atom stereocenters. The third-order valence-electron chi connectivity index (χ3n) is 5.33. The fourth-order valence-electron chi connectivity index (χ4n) is 3.70. The van der Waals surface area contributed by atoms with Crippen LogP contribution in [-0.4, -0.2) is 47.2 Å². The van der Waals surface area contributed by atoms with Crippen molar-refractivity contribution in [3.05, 3.63) is 53.6 Å². The van der Waals surface area contributed by atoms with Crippen molar-refractivity contribution < 1.29 is 22.7 Å². The summed E-state index contributed by atoms with van der Waals surface area (Å²) in [5.74, 6) is 0.437. The molecule has 2 aromatic carbocycles. The molecule has 1 fully saturated rings. The van der Waals surface area contributed by atoms with E-state index in [1.807, 2.05) is 13.0 Å². The molecule has 0 bridgehead atoms. The molecule has 1 saturated heterocycles. The summed E-state index contributed by atoms with van der Waals surface area (Å²) in [5, 5.41) is 2.95. The van der Waals surface area contributed by atoms with Crippen molar-refractivity contribution in [2.24, 2.45) is 0 Å². The summed E-state index contributed by atoms with van der Waals surface area (Å²) >= 11 is 0. The number of ether oxygens (including phenoxy) is 2. The van der Waals surface area contributed by atoms with Gasteiger partial charge in [0, 0.05) is 19.6 Å². The number of sulfonamides is 1. The second-order valence-corrected chi connectivity index (χ2v) is 9.61. The number of nitrogens with zero attached hydrogens (tertiary/aromatic N) is 1. The summed E-state index contributed by atoms with van der Waals surface area (Å²) in [4.78, 5) is 12.7. The lowest BCUT2D eigenvalue weighted by Gasteiger charge is -2.27. The maximum atomic E-state index is 13.6. The monoisotopic (exact) mass is 446 g/mol. The molecule has 1 amide bonds. The molecule has 1 N–H and O–H groups in total. The first kappa shape index (κ1) is 23.1. The van der Waals surface area contributed by atoms with Crippen LogP contribution in [-0.2, 0) is 19.6 Å². The van der Waals surface area contributed by atoms with Crippen LogP contribution in [0.25, 0.3) is 0 Å². The topological polar surface area (TPSA) is 84.9 Å². The number of carbonyl (C=O) groups excluding carboxylic acids is 1. The van der Waals surface area contributed by atoms with Gasteiger partial charge in [0.25, 0.3) is 10.0 Å². The Morgan fingerprint density at radius 2 is 1.94 bits per heavy atom. The molecule has 2 aromatic rings. The van der Waals surface area contributed by atoms with Gasteiger partial charge >= 0.3 is 0 Å². The van der Waals surface area contributed by atoms with Crippen LogP contribution in [0, 0.1) is 13.8 Å². The zero-order valence-corrected chi connectivity index (χ0v) is 19.1. The maximum Gasteiger partial charge on any atom is 0.264 e. The van der Waals surface area contributed by atoms with E-state index in [2.05, 4.69) is 5.32 Å². The Kier molecular flexibility index (Phi) is 7.56. The van der Waals surface area contributed by atoms with Gasteiger partial charge in [-0.3, -0.25) is 9.10 Å². The van der Waals surface area contributed by atoms with E-state index in [0.29, 0.717) is 30.2 Å². The molecule has 0 saturated carbocycles. The van der Waals surface area contributed by atoms with E-state index < -0.39 is 10.0 Å². The minimum atomic E-state index is -3.86. The summed E-state index contributed by atoms with van der Waals surface area (Å²) in [6.07, 6.45) is 1.82. The first-order valence-corrected chi connectivity index (χ1v) is 11.9. The number of benzene rings is 2. The number of carbonyl (C=O) groups is 1. The Balaban J connectivity index is 1.84. The van der Waals surface area contributed by atoms with Gasteiger partial charge in [0.1, 0.15) is 5.75 Å². The number of anilines is 1. The van der Waals surface area contributed by atoms with Crippen LogP contribution in [0.2, 0.25) is 0 Å². The lowest BCUT2D eigenvalue weighted by atomic mass is 10.1. The summed E-state index contributed by atoms with van der Waals surface area (Å²) in [6, 6.07) is 12.0. The molecule has 31 heavy (non-hydrogen) atoms. The molecule has 1 aliphatic rings. The largest absolute Gasteiger partial charge is 0.497 e. The van der Waals surface area contributed by atoms with Gasteiger partial charge in [-0.05, 0) is 62.6 Å². The van der Waals surface area contributed by atoms with Crippen molar-refractivity contribution in [1.82, 2.24) is 5.32 Å². The average Bonchev–Trinajstić information content (AvgIpc) is 2.74. The van der Waals surface area contributed by atoms with Crippen LogP contribution >= 0.6 is 0 Å². The second-order valence-electron chi connectivity index (χ2n) is 7.78. The van der Waals surface area contributed by atoms with E-state index in [1.165, 1.54) is 4.31 Å². The van der Waals surface area contributed by atoms with Crippen LogP contribution in [0.5, 0.6) is 5.75 Å². The van der Waals surface area contributed by atoms with Crippen LogP contribution in [0.15, 0.2) is 47.4 Å². The van der Waals surface area contributed by atoms with E-state index in [-0.39, 0.29) is 29.8 Å². The van der Waals surface area contributed by atoms with Crippen LogP contribution < -0.4 is 14.4 Å². The van der Waals surface area contributed by atoms with Gasteiger partial charge in [-0.2, -0.15) is 0 Å². The average molecular weight is 447 g/mol. The molecule has 3 rings (SSSR count). The first-order chi connectivity index (χ1) is 14.8. The highest BCUT2D eigenvalue weighted by Gasteiger charge is 2.27. The van der Waals surface area contributed by atoms with E-state index >= 15 is 0 Å². The predicted octanol–water partition coefficient (Wildman–Crippen LogP) is 3.19. The molecule has 1 atom stereocenters. The molecule has 168 valence electrons. The fourth-order valence-corrected chi connectivity index (χ4v) is 5.38. The van der Waals surface area contributed by atoms with Gasteiger partial charge in [-0.25, -0.2) is 8.42 Å². The standard InChI is InChI=1S/C23H30N2O5S/c1-17-6-11-22(18(2)15-17)31(27,28)25(20-7-9-21(29-3)10-8-20)13-12-23(26)24-19-5-4-14-30-16-19/h6-11,15,19H,4-5,12-14,16H2,1-3H3,(H,24,26).